The van der Waals surface area contributed by atoms with Gasteiger partial charge in [0.15, 0.2) is 17.3 Å². The first-order valence-corrected chi connectivity index (χ1v) is 4.93. The molecule has 0 unspecified atom stereocenters. The smallest absolute Gasteiger partial charge is 0.231 e. The van der Waals surface area contributed by atoms with Crippen LogP contribution in [0.15, 0.2) is 18.2 Å². The largest absolute Gasteiger partial charge is 0.454 e. The lowest BCUT2D eigenvalue weighted by Crippen LogP contribution is -2.19. The third kappa shape index (κ3) is 2.18. The van der Waals surface area contributed by atoms with Gasteiger partial charge in [-0.3, -0.25) is 4.79 Å². The molecule has 0 saturated carbocycles. The summed E-state index contributed by atoms with van der Waals surface area (Å²) in [7, 11) is 0. The number of fused-ring (bicyclic) bond motifs is 1. The molecule has 3 heteroatoms. The Morgan fingerprint density at radius 3 is 2.44 bits per heavy atom. The van der Waals surface area contributed by atoms with Gasteiger partial charge in [0.2, 0.25) is 6.79 Å². The Labute approximate surface area is 96.4 Å². The summed E-state index contributed by atoms with van der Waals surface area (Å²) in [6, 6.07) is 5.30. The van der Waals surface area contributed by atoms with E-state index in [1.165, 1.54) is 0 Å². The van der Waals surface area contributed by atoms with Crippen molar-refractivity contribution in [2.24, 2.45) is 5.41 Å². The molecule has 1 aliphatic rings. The average molecular weight is 222 g/mol. The van der Waals surface area contributed by atoms with Gasteiger partial charge in [0, 0.05) is 11.0 Å². The molecular formula is C13H18O3. The number of ketones is 1. The standard InChI is InChI=1S/C12H14O3.CH4/c1-12(2,3)11(13)8-4-5-9-10(6-8)15-7-14-9;/h4-6H,7H2,1-3H3;1H4. The Balaban J connectivity index is 0.00000128. The monoisotopic (exact) mass is 222 g/mol. The van der Waals surface area contributed by atoms with E-state index in [1.807, 2.05) is 20.8 Å². The van der Waals surface area contributed by atoms with Crippen molar-refractivity contribution in [3.05, 3.63) is 23.8 Å². The normalized spacial score (nSPS) is 13.2. The summed E-state index contributed by atoms with van der Waals surface area (Å²) in [4.78, 5) is 12.0. The number of carbonyl (C=O) groups excluding carboxylic acids is 1. The maximum atomic E-state index is 12.0. The SMILES string of the molecule is C.CC(C)(C)C(=O)c1ccc2c(c1)OCO2. The highest BCUT2D eigenvalue weighted by Crippen LogP contribution is 2.34. The lowest BCUT2D eigenvalue weighted by molar-refractivity contribution is 0.0858. The van der Waals surface area contributed by atoms with E-state index in [4.69, 9.17) is 9.47 Å². The number of ether oxygens (including phenoxy) is 2. The van der Waals surface area contributed by atoms with E-state index in [0.29, 0.717) is 17.1 Å². The zero-order chi connectivity index (χ0) is 11.1. The molecule has 1 heterocycles. The lowest BCUT2D eigenvalue weighted by Gasteiger charge is -2.16. The van der Waals surface area contributed by atoms with Gasteiger partial charge in [-0.1, -0.05) is 28.2 Å². The molecule has 1 aromatic carbocycles. The Morgan fingerprint density at radius 1 is 1.19 bits per heavy atom. The molecule has 0 bridgehead atoms. The minimum Gasteiger partial charge on any atom is -0.454 e. The van der Waals surface area contributed by atoms with Crippen LogP contribution in [-0.4, -0.2) is 12.6 Å². The van der Waals surface area contributed by atoms with Crippen molar-refractivity contribution in [3.63, 3.8) is 0 Å². The maximum absolute atomic E-state index is 12.0. The zero-order valence-electron chi connectivity index (χ0n) is 9.16. The van der Waals surface area contributed by atoms with E-state index in [1.54, 1.807) is 18.2 Å². The van der Waals surface area contributed by atoms with Crippen LogP contribution in [0.5, 0.6) is 11.5 Å². The first kappa shape index (κ1) is 12.6. The molecule has 0 fully saturated rings. The third-order valence-corrected chi connectivity index (χ3v) is 2.32. The zero-order valence-corrected chi connectivity index (χ0v) is 9.16. The number of benzene rings is 1. The van der Waals surface area contributed by atoms with Crippen molar-refractivity contribution in [2.75, 3.05) is 6.79 Å². The summed E-state index contributed by atoms with van der Waals surface area (Å²) in [5.74, 6) is 1.48. The summed E-state index contributed by atoms with van der Waals surface area (Å²) in [6.45, 7) is 5.95. The second-order valence-electron chi connectivity index (χ2n) is 4.65. The highest BCUT2D eigenvalue weighted by molar-refractivity contribution is 6.00. The molecule has 0 spiro atoms. The molecular weight excluding hydrogens is 204 g/mol. The highest BCUT2D eigenvalue weighted by Gasteiger charge is 2.24. The van der Waals surface area contributed by atoms with Gasteiger partial charge < -0.3 is 9.47 Å². The van der Waals surface area contributed by atoms with Gasteiger partial charge >= 0.3 is 0 Å². The van der Waals surface area contributed by atoms with Crippen LogP contribution in [0.25, 0.3) is 0 Å². The fourth-order valence-corrected chi connectivity index (χ4v) is 1.47. The molecule has 0 saturated heterocycles. The predicted molar refractivity (Wildman–Crippen MR) is 63.1 cm³/mol. The van der Waals surface area contributed by atoms with Crippen LogP contribution in [0.1, 0.15) is 38.6 Å². The van der Waals surface area contributed by atoms with E-state index in [9.17, 15) is 4.79 Å². The first-order chi connectivity index (χ1) is 6.98. The number of rotatable bonds is 1. The molecule has 0 amide bonds. The van der Waals surface area contributed by atoms with Gasteiger partial charge in [0.1, 0.15) is 0 Å². The van der Waals surface area contributed by atoms with Crippen molar-refractivity contribution in [1.82, 2.24) is 0 Å². The van der Waals surface area contributed by atoms with E-state index < -0.39 is 0 Å². The van der Waals surface area contributed by atoms with Crippen molar-refractivity contribution >= 4 is 5.78 Å². The second-order valence-corrected chi connectivity index (χ2v) is 4.65. The minimum absolute atomic E-state index is 0. The molecule has 0 aromatic heterocycles. The Morgan fingerprint density at radius 2 is 1.81 bits per heavy atom. The van der Waals surface area contributed by atoms with Gasteiger partial charge in [-0.2, -0.15) is 0 Å². The highest BCUT2D eigenvalue weighted by atomic mass is 16.7. The molecule has 0 aliphatic carbocycles. The Kier molecular flexibility index (Phi) is 3.27. The first-order valence-electron chi connectivity index (χ1n) is 4.93. The molecule has 3 nitrogen and oxygen atoms in total. The summed E-state index contributed by atoms with van der Waals surface area (Å²) in [6.07, 6.45) is 0. The van der Waals surface area contributed by atoms with Crippen LogP contribution in [-0.2, 0) is 0 Å². The molecule has 2 rings (SSSR count). The molecule has 16 heavy (non-hydrogen) atoms. The fraction of sp³-hybridized carbons (Fsp3) is 0.462. The van der Waals surface area contributed by atoms with Gasteiger partial charge in [0.25, 0.3) is 0 Å². The number of hydrogen-bond acceptors (Lipinski definition) is 3. The van der Waals surface area contributed by atoms with Crippen molar-refractivity contribution in [3.8, 4) is 11.5 Å². The Bertz CT molecular complexity index is 402. The molecule has 88 valence electrons. The second kappa shape index (κ2) is 4.16. The van der Waals surface area contributed by atoms with Gasteiger partial charge in [-0.05, 0) is 18.2 Å². The summed E-state index contributed by atoms with van der Waals surface area (Å²) in [5, 5.41) is 0. The summed E-state index contributed by atoms with van der Waals surface area (Å²) < 4.78 is 10.4. The van der Waals surface area contributed by atoms with Crippen LogP contribution in [0.4, 0.5) is 0 Å². The van der Waals surface area contributed by atoms with E-state index in [-0.39, 0.29) is 25.4 Å². The van der Waals surface area contributed by atoms with Crippen LogP contribution >= 0.6 is 0 Å². The van der Waals surface area contributed by atoms with Crippen molar-refractivity contribution in [2.45, 2.75) is 28.2 Å². The van der Waals surface area contributed by atoms with E-state index in [0.717, 1.165) is 0 Å². The van der Waals surface area contributed by atoms with Crippen molar-refractivity contribution in [1.29, 1.82) is 0 Å². The van der Waals surface area contributed by atoms with E-state index >= 15 is 0 Å². The molecule has 0 N–H and O–H groups in total. The summed E-state index contributed by atoms with van der Waals surface area (Å²) >= 11 is 0. The minimum atomic E-state index is -0.367. The average Bonchev–Trinajstić information content (AvgIpc) is 2.61. The quantitative estimate of drug-likeness (QED) is 0.684. The predicted octanol–water partition coefficient (Wildman–Crippen LogP) is 3.28. The Hall–Kier alpha value is -1.51. The lowest BCUT2D eigenvalue weighted by atomic mass is 9.86. The number of Topliss-reactive ketones (excluding diaryl/α,β-unsaturated/α-hetero) is 1. The van der Waals surface area contributed by atoms with Crippen LogP contribution in [0, 0.1) is 5.41 Å². The number of carbonyl (C=O) groups is 1. The third-order valence-electron chi connectivity index (χ3n) is 2.32. The topological polar surface area (TPSA) is 35.5 Å². The van der Waals surface area contributed by atoms with E-state index in [2.05, 4.69) is 0 Å². The van der Waals surface area contributed by atoms with Gasteiger partial charge in [-0.25, -0.2) is 0 Å². The molecule has 0 radical (unpaired) electrons. The molecule has 1 aromatic rings. The van der Waals surface area contributed by atoms with Crippen molar-refractivity contribution < 1.29 is 14.3 Å². The van der Waals surface area contributed by atoms with Crippen LogP contribution in [0.3, 0.4) is 0 Å². The van der Waals surface area contributed by atoms with Crippen LogP contribution in [0.2, 0.25) is 0 Å². The number of hydrogen-bond donors (Lipinski definition) is 0. The molecule has 0 atom stereocenters. The maximum Gasteiger partial charge on any atom is 0.231 e. The molecule has 1 aliphatic heterocycles. The van der Waals surface area contributed by atoms with Gasteiger partial charge in [0.05, 0.1) is 0 Å². The fourth-order valence-electron chi connectivity index (χ4n) is 1.47. The summed E-state index contributed by atoms with van der Waals surface area (Å²) in [5.41, 5.74) is 0.306. The van der Waals surface area contributed by atoms with Gasteiger partial charge in [-0.15, -0.1) is 0 Å². The van der Waals surface area contributed by atoms with Crippen LogP contribution < -0.4 is 9.47 Å².